The van der Waals surface area contributed by atoms with Crippen LogP contribution in [0.3, 0.4) is 0 Å². The first-order chi connectivity index (χ1) is 14.0. The lowest BCUT2D eigenvalue weighted by Crippen LogP contribution is -2.45. The number of sulfonamides is 1. The van der Waals surface area contributed by atoms with E-state index in [1.807, 2.05) is 11.6 Å². The van der Waals surface area contributed by atoms with Crippen molar-refractivity contribution in [1.29, 1.82) is 0 Å². The summed E-state index contributed by atoms with van der Waals surface area (Å²) >= 11 is 0. The number of nitrogens with zero attached hydrogens (tertiary/aromatic N) is 1. The largest absolute Gasteiger partial charge is 0.494 e. The molecule has 0 spiro atoms. The molecule has 0 fully saturated rings. The summed E-state index contributed by atoms with van der Waals surface area (Å²) in [5.41, 5.74) is -0.508. The van der Waals surface area contributed by atoms with Gasteiger partial charge in [0, 0.05) is 13.6 Å². The normalized spacial score (nSPS) is 13.0. The van der Waals surface area contributed by atoms with Crippen molar-refractivity contribution in [2.24, 2.45) is 0 Å². The lowest BCUT2D eigenvalue weighted by Gasteiger charge is -2.23. The van der Waals surface area contributed by atoms with Crippen molar-refractivity contribution in [3.8, 4) is 5.75 Å². The first kappa shape index (κ1) is 23.7. The number of hydrogen-bond donors (Lipinski definition) is 1. The Morgan fingerprint density at radius 3 is 2.30 bits per heavy atom. The van der Waals surface area contributed by atoms with Crippen LogP contribution in [0.2, 0.25) is 0 Å². The molecule has 0 bridgehead atoms. The lowest BCUT2D eigenvalue weighted by molar-refractivity contribution is -0.139. The fourth-order valence-electron chi connectivity index (χ4n) is 2.82. The van der Waals surface area contributed by atoms with Gasteiger partial charge >= 0.3 is 6.18 Å². The van der Waals surface area contributed by atoms with Crippen molar-refractivity contribution in [2.45, 2.75) is 37.5 Å². The van der Waals surface area contributed by atoms with Gasteiger partial charge in [-0.2, -0.15) is 17.9 Å². The summed E-state index contributed by atoms with van der Waals surface area (Å²) < 4.78 is 71.8. The molecular weight excluding hydrogens is 421 g/mol. The average molecular weight is 444 g/mol. The van der Waals surface area contributed by atoms with E-state index in [0.29, 0.717) is 18.4 Å². The van der Waals surface area contributed by atoms with E-state index in [1.165, 1.54) is 24.9 Å². The van der Waals surface area contributed by atoms with Crippen LogP contribution in [-0.2, 0) is 27.5 Å². The van der Waals surface area contributed by atoms with E-state index in [0.717, 1.165) is 17.7 Å². The zero-order valence-corrected chi connectivity index (χ0v) is 17.5. The first-order valence-corrected chi connectivity index (χ1v) is 10.6. The predicted molar refractivity (Wildman–Crippen MR) is 105 cm³/mol. The number of alkyl halides is 3. The zero-order valence-electron chi connectivity index (χ0n) is 16.7. The van der Waals surface area contributed by atoms with Crippen molar-refractivity contribution < 1.29 is 31.1 Å². The molecule has 0 heterocycles. The summed E-state index contributed by atoms with van der Waals surface area (Å²) in [6.45, 7) is 3.85. The minimum absolute atomic E-state index is 0.191. The Morgan fingerprint density at radius 2 is 1.73 bits per heavy atom. The van der Waals surface area contributed by atoms with Crippen molar-refractivity contribution in [3.63, 3.8) is 0 Å². The van der Waals surface area contributed by atoms with Gasteiger partial charge in [0.05, 0.1) is 23.1 Å². The highest BCUT2D eigenvalue weighted by atomic mass is 32.2. The molecule has 6 nitrogen and oxygen atoms in total. The number of carbonyl (C=O) groups is 1. The van der Waals surface area contributed by atoms with Crippen LogP contribution >= 0.6 is 0 Å². The van der Waals surface area contributed by atoms with E-state index < -0.39 is 38.6 Å². The predicted octanol–water partition coefficient (Wildman–Crippen LogP) is 3.43. The maximum Gasteiger partial charge on any atom is 0.417 e. The molecule has 2 rings (SSSR count). The number of likely N-dealkylation sites (N-methyl/N-ethyl adjacent to an activating group) is 1. The second kappa shape index (κ2) is 9.48. The zero-order chi connectivity index (χ0) is 22.5. The highest BCUT2D eigenvalue weighted by molar-refractivity contribution is 7.89. The molecule has 10 heteroatoms. The van der Waals surface area contributed by atoms with E-state index in [-0.39, 0.29) is 6.54 Å². The SMILES string of the molecule is CCOc1ccc(CN(C)C(=O)[C@H](C)NS(=O)(=O)c2ccccc2C(F)(F)F)cc1. The average Bonchev–Trinajstić information content (AvgIpc) is 2.68. The topological polar surface area (TPSA) is 75.7 Å². The maximum atomic E-state index is 13.1. The third-order valence-electron chi connectivity index (χ3n) is 4.21. The molecule has 2 aromatic rings. The number of benzene rings is 2. The summed E-state index contributed by atoms with van der Waals surface area (Å²) in [5, 5.41) is 0. The van der Waals surface area contributed by atoms with Gasteiger partial charge in [0.2, 0.25) is 15.9 Å². The Balaban J connectivity index is 2.11. The molecule has 0 aliphatic rings. The second-order valence-corrected chi connectivity index (χ2v) is 8.29. The molecule has 164 valence electrons. The van der Waals surface area contributed by atoms with E-state index in [4.69, 9.17) is 4.74 Å². The van der Waals surface area contributed by atoms with Crippen molar-refractivity contribution in [2.75, 3.05) is 13.7 Å². The molecular formula is C20H23F3N2O4S. The molecule has 1 amide bonds. The van der Waals surface area contributed by atoms with Gasteiger partial charge in [-0.05, 0) is 43.7 Å². The lowest BCUT2D eigenvalue weighted by atomic mass is 10.2. The fraction of sp³-hybridized carbons (Fsp3) is 0.350. The number of carbonyl (C=O) groups excluding carboxylic acids is 1. The Hall–Kier alpha value is -2.59. The van der Waals surface area contributed by atoms with Crippen LogP contribution in [0.4, 0.5) is 13.2 Å². The summed E-state index contributed by atoms with van der Waals surface area (Å²) in [6.07, 6.45) is -4.84. The molecule has 0 aliphatic carbocycles. The van der Waals surface area contributed by atoms with Gasteiger partial charge in [-0.25, -0.2) is 8.42 Å². The number of halogens is 3. The third kappa shape index (κ3) is 5.96. The minimum atomic E-state index is -4.84. The molecule has 2 aromatic carbocycles. The summed E-state index contributed by atoms with van der Waals surface area (Å²) in [6, 6.07) is 9.59. The molecule has 0 radical (unpaired) electrons. The van der Waals surface area contributed by atoms with Crippen molar-refractivity contribution in [3.05, 3.63) is 59.7 Å². The smallest absolute Gasteiger partial charge is 0.417 e. The maximum absolute atomic E-state index is 13.1. The van der Waals surface area contributed by atoms with Crippen molar-refractivity contribution in [1.82, 2.24) is 9.62 Å². The Labute approximate surface area is 173 Å². The highest BCUT2D eigenvalue weighted by Gasteiger charge is 2.37. The number of amides is 1. The molecule has 0 saturated carbocycles. The molecule has 0 unspecified atom stereocenters. The van der Waals surface area contributed by atoms with Gasteiger partial charge in [0.1, 0.15) is 5.75 Å². The quantitative estimate of drug-likeness (QED) is 0.677. The fourth-order valence-corrected chi connectivity index (χ4v) is 4.25. The van der Waals surface area contributed by atoms with Gasteiger partial charge in [-0.3, -0.25) is 4.79 Å². The first-order valence-electron chi connectivity index (χ1n) is 9.11. The Bertz CT molecular complexity index is 976. The van der Waals surface area contributed by atoms with E-state index >= 15 is 0 Å². The Kier molecular flexibility index (Phi) is 7.49. The van der Waals surface area contributed by atoms with Crippen LogP contribution in [0.5, 0.6) is 5.75 Å². The monoisotopic (exact) mass is 444 g/mol. The van der Waals surface area contributed by atoms with Crippen LogP contribution in [0.25, 0.3) is 0 Å². The molecule has 0 saturated heterocycles. The Morgan fingerprint density at radius 1 is 1.13 bits per heavy atom. The van der Waals surface area contributed by atoms with Gasteiger partial charge in [-0.15, -0.1) is 0 Å². The van der Waals surface area contributed by atoms with Gasteiger partial charge < -0.3 is 9.64 Å². The number of hydrogen-bond acceptors (Lipinski definition) is 4. The highest BCUT2D eigenvalue weighted by Crippen LogP contribution is 2.33. The van der Waals surface area contributed by atoms with E-state index in [9.17, 15) is 26.4 Å². The summed E-state index contributed by atoms with van der Waals surface area (Å²) in [5.74, 6) is 0.0941. The third-order valence-corrected chi connectivity index (χ3v) is 5.81. The van der Waals surface area contributed by atoms with E-state index in [1.54, 1.807) is 24.3 Å². The van der Waals surface area contributed by atoms with Crippen LogP contribution in [0.15, 0.2) is 53.4 Å². The molecule has 0 aromatic heterocycles. The van der Waals surface area contributed by atoms with Gasteiger partial charge in [0.15, 0.2) is 0 Å². The van der Waals surface area contributed by atoms with Crippen LogP contribution in [-0.4, -0.2) is 38.9 Å². The molecule has 30 heavy (non-hydrogen) atoms. The molecule has 0 aliphatic heterocycles. The molecule has 1 N–H and O–H groups in total. The summed E-state index contributed by atoms with van der Waals surface area (Å²) in [7, 11) is -3.09. The number of rotatable bonds is 8. The van der Waals surface area contributed by atoms with Crippen LogP contribution in [0.1, 0.15) is 25.0 Å². The second-order valence-electron chi connectivity index (χ2n) is 6.61. The standard InChI is InChI=1S/C20H23F3N2O4S/c1-4-29-16-11-9-15(10-12-16)13-25(3)19(26)14(2)24-30(27,28)18-8-6-5-7-17(18)20(21,22)23/h5-12,14,24H,4,13H2,1-3H3/t14-/m0/s1. The van der Waals surface area contributed by atoms with Crippen LogP contribution in [0, 0.1) is 0 Å². The number of ether oxygens (including phenoxy) is 1. The van der Waals surface area contributed by atoms with Crippen LogP contribution < -0.4 is 9.46 Å². The van der Waals surface area contributed by atoms with Crippen molar-refractivity contribution >= 4 is 15.9 Å². The van der Waals surface area contributed by atoms with Gasteiger partial charge in [-0.1, -0.05) is 24.3 Å². The summed E-state index contributed by atoms with van der Waals surface area (Å²) in [4.78, 5) is 12.9. The molecule has 1 atom stereocenters. The van der Waals surface area contributed by atoms with Gasteiger partial charge in [0.25, 0.3) is 0 Å². The number of nitrogens with one attached hydrogen (secondary N) is 1. The van der Waals surface area contributed by atoms with E-state index in [2.05, 4.69) is 0 Å². The minimum Gasteiger partial charge on any atom is -0.494 e.